The van der Waals surface area contributed by atoms with Crippen LogP contribution in [0.4, 0.5) is 0 Å². The van der Waals surface area contributed by atoms with E-state index >= 15 is 0 Å². The van der Waals surface area contributed by atoms with Gasteiger partial charge in [-0.3, -0.25) is 0 Å². The zero-order valence-corrected chi connectivity index (χ0v) is 13.2. The summed E-state index contributed by atoms with van der Waals surface area (Å²) in [6.07, 6.45) is 4.81. The molecule has 0 heterocycles. The van der Waals surface area contributed by atoms with Gasteiger partial charge in [-0.05, 0) is 43.5 Å². The molecule has 3 rings (SSSR count). The molecule has 1 saturated carbocycles. The Bertz CT molecular complexity index is 590. The predicted octanol–water partition coefficient (Wildman–Crippen LogP) is 4.59. The molecule has 1 aliphatic carbocycles. The summed E-state index contributed by atoms with van der Waals surface area (Å²) in [4.78, 5) is 0. The molecule has 0 radical (unpaired) electrons. The van der Waals surface area contributed by atoms with Gasteiger partial charge in [-0.15, -0.1) is 0 Å². The van der Waals surface area contributed by atoms with Gasteiger partial charge in [0.15, 0.2) is 0 Å². The second-order valence-corrected chi connectivity index (χ2v) is 6.42. The number of rotatable bonds is 5. The molecule has 110 valence electrons. The van der Waals surface area contributed by atoms with Gasteiger partial charge in [-0.1, -0.05) is 66.6 Å². The molecule has 2 aromatic carbocycles. The average molecular weight is 300 g/mol. The topological polar surface area (TPSA) is 12.0 Å². The molecule has 1 N–H and O–H groups in total. The summed E-state index contributed by atoms with van der Waals surface area (Å²) in [5.41, 5.74) is 2.96. The van der Waals surface area contributed by atoms with Crippen molar-refractivity contribution in [2.75, 3.05) is 7.05 Å². The van der Waals surface area contributed by atoms with E-state index in [2.05, 4.69) is 54.8 Å². The molecule has 21 heavy (non-hydrogen) atoms. The molecular formula is C19H22ClN. The van der Waals surface area contributed by atoms with Crippen molar-refractivity contribution in [3.05, 3.63) is 70.7 Å². The van der Waals surface area contributed by atoms with Gasteiger partial charge in [0.1, 0.15) is 0 Å². The maximum atomic E-state index is 6.35. The smallest absolute Gasteiger partial charge is 0.0438 e. The Morgan fingerprint density at radius 2 is 1.71 bits per heavy atom. The van der Waals surface area contributed by atoms with Gasteiger partial charge >= 0.3 is 0 Å². The molecule has 0 saturated heterocycles. The number of hydrogen-bond donors (Lipinski definition) is 1. The molecule has 0 aromatic heterocycles. The standard InChI is InChI=1S/C19H22ClN/c1-21-18(14-15-8-5-6-11-17(15)20)19(12-7-13-19)16-9-3-2-4-10-16/h2-6,8-11,18,21H,7,12-14H2,1H3. The molecular weight excluding hydrogens is 278 g/mol. The first-order valence-electron chi connectivity index (χ1n) is 7.72. The monoisotopic (exact) mass is 299 g/mol. The quantitative estimate of drug-likeness (QED) is 0.851. The summed E-state index contributed by atoms with van der Waals surface area (Å²) in [6.45, 7) is 0. The van der Waals surface area contributed by atoms with E-state index in [4.69, 9.17) is 11.6 Å². The second-order valence-electron chi connectivity index (χ2n) is 6.01. The fourth-order valence-electron chi connectivity index (χ4n) is 3.62. The van der Waals surface area contributed by atoms with E-state index in [1.807, 2.05) is 12.1 Å². The Labute approximate surface area is 132 Å². The van der Waals surface area contributed by atoms with Crippen molar-refractivity contribution in [2.45, 2.75) is 37.1 Å². The van der Waals surface area contributed by atoms with Gasteiger partial charge in [0.05, 0.1) is 0 Å². The first-order chi connectivity index (χ1) is 10.3. The highest BCUT2D eigenvalue weighted by Gasteiger charge is 2.44. The molecule has 1 unspecified atom stereocenters. The summed E-state index contributed by atoms with van der Waals surface area (Å²) in [6, 6.07) is 19.6. The predicted molar refractivity (Wildman–Crippen MR) is 90.0 cm³/mol. The lowest BCUT2D eigenvalue weighted by molar-refractivity contribution is 0.174. The molecule has 0 bridgehead atoms. The van der Waals surface area contributed by atoms with Crippen LogP contribution in [0.2, 0.25) is 5.02 Å². The zero-order chi connectivity index (χ0) is 14.7. The van der Waals surface area contributed by atoms with Crippen LogP contribution < -0.4 is 5.32 Å². The first kappa shape index (κ1) is 14.6. The minimum atomic E-state index is 0.259. The SMILES string of the molecule is CNC(Cc1ccccc1Cl)C1(c2ccccc2)CCC1. The third kappa shape index (κ3) is 2.73. The fourth-order valence-corrected chi connectivity index (χ4v) is 3.84. The maximum absolute atomic E-state index is 6.35. The van der Waals surface area contributed by atoms with Crippen LogP contribution in [0.25, 0.3) is 0 Å². The van der Waals surface area contributed by atoms with Crippen molar-refractivity contribution in [2.24, 2.45) is 0 Å². The van der Waals surface area contributed by atoms with Crippen molar-refractivity contribution >= 4 is 11.6 Å². The summed E-state index contributed by atoms with van der Waals surface area (Å²) >= 11 is 6.35. The maximum Gasteiger partial charge on any atom is 0.0438 e. The first-order valence-corrected chi connectivity index (χ1v) is 8.10. The summed E-state index contributed by atoms with van der Waals surface area (Å²) in [7, 11) is 2.07. The van der Waals surface area contributed by atoms with E-state index in [-0.39, 0.29) is 5.41 Å². The molecule has 0 amide bonds. The lowest BCUT2D eigenvalue weighted by Gasteiger charge is -2.48. The molecule has 1 fully saturated rings. The van der Waals surface area contributed by atoms with Crippen molar-refractivity contribution in [3.8, 4) is 0 Å². The van der Waals surface area contributed by atoms with Crippen LogP contribution in [0.3, 0.4) is 0 Å². The van der Waals surface area contributed by atoms with Crippen molar-refractivity contribution < 1.29 is 0 Å². The van der Waals surface area contributed by atoms with Crippen LogP contribution in [0.15, 0.2) is 54.6 Å². The van der Waals surface area contributed by atoms with E-state index in [0.717, 1.165) is 11.4 Å². The Morgan fingerprint density at radius 3 is 2.29 bits per heavy atom. The normalized spacial score (nSPS) is 18.0. The lowest BCUT2D eigenvalue weighted by Crippen LogP contribution is -2.52. The van der Waals surface area contributed by atoms with Gasteiger partial charge < -0.3 is 5.32 Å². The van der Waals surface area contributed by atoms with E-state index in [1.165, 1.54) is 30.4 Å². The highest BCUT2D eigenvalue weighted by molar-refractivity contribution is 6.31. The molecule has 0 aliphatic heterocycles. The van der Waals surface area contributed by atoms with Gasteiger partial charge in [0.2, 0.25) is 0 Å². The molecule has 1 aliphatic rings. The van der Waals surface area contributed by atoms with Crippen molar-refractivity contribution in [1.82, 2.24) is 5.32 Å². The van der Waals surface area contributed by atoms with Gasteiger partial charge in [-0.25, -0.2) is 0 Å². The largest absolute Gasteiger partial charge is 0.316 e. The highest BCUT2D eigenvalue weighted by atomic mass is 35.5. The minimum absolute atomic E-state index is 0.259. The van der Waals surface area contributed by atoms with Gasteiger partial charge in [0.25, 0.3) is 0 Å². The zero-order valence-electron chi connectivity index (χ0n) is 12.5. The number of likely N-dealkylation sites (N-methyl/N-ethyl adjacent to an activating group) is 1. The molecule has 2 heteroatoms. The molecule has 1 atom stereocenters. The summed E-state index contributed by atoms with van der Waals surface area (Å²) < 4.78 is 0. The number of halogens is 1. The van der Waals surface area contributed by atoms with Crippen LogP contribution in [0.5, 0.6) is 0 Å². The third-order valence-corrected chi connectivity index (χ3v) is 5.36. The second kappa shape index (κ2) is 6.21. The summed E-state index contributed by atoms with van der Waals surface area (Å²) in [5.74, 6) is 0. The number of nitrogens with one attached hydrogen (secondary N) is 1. The van der Waals surface area contributed by atoms with E-state index < -0.39 is 0 Å². The van der Waals surface area contributed by atoms with Gasteiger partial charge in [0, 0.05) is 16.5 Å². The number of hydrogen-bond acceptors (Lipinski definition) is 1. The summed E-state index contributed by atoms with van der Waals surface area (Å²) in [5, 5.41) is 4.44. The van der Waals surface area contributed by atoms with Crippen LogP contribution in [-0.4, -0.2) is 13.1 Å². The lowest BCUT2D eigenvalue weighted by atomic mass is 9.59. The Kier molecular flexibility index (Phi) is 4.32. The van der Waals surface area contributed by atoms with Crippen molar-refractivity contribution in [3.63, 3.8) is 0 Å². The minimum Gasteiger partial charge on any atom is -0.316 e. The fraction of sp³-hybridized carbons (Fsp3) is 0.368. The van der Waals surface area contributed by atoms with Crippen LogP contribution in [0, 0.1) is 0 Å². The number of benzene rings is 2. The Morgan fingerprint density at radius 1 is 1.05 bits per heavy atom. The van der Waals surface area contributed by atoms with Gasteiger partial charge in [-0.2, -0.15) is 0 Å². The van der Waals surface area contributed by atoms with E-state index in [9.17, 15) is 0 Å². The van der Waals surface area contributed by atoms with E-state index in [1.54, 1.807) is 0 Å². The Balaban J connectivity index is 1.90. The van der Waals surface area contributed by atoms with Crippen molar-refractivity contribution in [1.29, 1.82) is 0 Å². The third-order valence-electron chi connectivity index (χ3n) is 4.99. The van der Waals surface area contributed by atoms with Crippen LogP contribution in [0.1, 0.15) is 30.4 Å². The Hall–Kier alpha value is -1.31. The average Bonchev–Trinajstić information content (AvgIpc) is 2.48. The molecule has 1 nitrogen and oxygen atoms in total. The highest BCUT2D eigenvalue weighted by Crippen LogP contribution is 2.47. The van der Waals surface area contributed by atoms with Crippen LogP contribution in [-0.2, 0) is 11.8 Å². The van der Waals surface area contributed by atoms with E-state index in [0.29, 0.717) is 6.04 Å². The molecule has 0 spiro atoms. The van der Waals surface area contributed by atoms with Crippen LogP contribution >= 0.6 is 11.6 Å². The molecule has 2 aromatic rings.